The normalized spacial score (nSPS) is 12.5. The van der Waals surface area contributed by atoms with Crippen LogP contribution in [0.25, 0.3) is 0 Å². The van der Waals surface area contributed by atoms with Crippen LogP contribution in [0.2, 0.25) is 0 Å². The average molecular weight is 372 g/mol. The Bertz CT molecular complexity index is 871. The van der Waals surface area contributed by atoms with E-state index in [1.807, 2.05) is 4.72 Å². The van der Waals surface area contributed by atoms with E-state index in [1.54, 1.807) is 0 Å². The lowest BCUT2D eigenvalue weighted by Crippen LogP contribution is -2.30. The standard InChI is InChI=1S/C16H15F3N2O3S/c1-10(16(22)20-13-5-2-11(17)3-6-13)9-25(23,24)21-15-7-4-12(18)8-14(15)19/h2-8,10,21H,9H2,1H3,(H,20,22). The predicted octanol–water partition coefficient (Wildman–Crippen LogP) is 3.12. The number of benzene rings is 2. The maximum atomic E-state index is 13.5. The van der Waals surface area contributed by atoms with E-state index >= 15 is 0 Å². The SMILES string of the molecule is CC(CS(=O)(=O)Nc1ccc(F)cc1F)C(=O)Nc1ccc(F)cc1. The fourth-order valence-corrected chi connectivity index (χ4v) is 3.38. The van der Waals surface area contributed by atoms with Crippen molar-refractivity contribution in [2.75, 3.05) is 15.8 Å². The van der Waals surface area contributed by atoms with E-state index in [-0.39, 0.29) is 0 Å². The zero-order valence-corrected chi connectivity index (χ0v) is 13.9. The topological polar surface area (TPSA) is 75.3 Å². The van der Waals surface area contributed by atoms with Crippen LogP contribution in [0.1, 0.15) is 6.92 Å². The first-order valence-corrected chi connectivity index (χ1v) is 8.83. The number of rotatable bonds is 6. The lowest BCUT2D eigenvalue weighted by atomic mass is 10.2. The third kappa shape index (κ3) is 5.49. The Kier molecular flexibility index (Phi) is 5.68. The summed E-state index contributed by atoms with van der Waals surface area (Å²) in [7, 11) is -4.05. The van der Waals surface area contributed by atoms with Crippen molar-refractivity contribution in [1.29, 1.82) is 0 Å². The minimum Gasteiger partial charge on any atom is -0.326 e. The second-order valence-corrected chi connectivity index (χ2v) is 7.17. The van der Waals surface area contributed by atoms with E-state index < -0.39 is 50.7 Å². The molecule has 0 fully saturated rings. The Labute approximate surface area is 142 Å². The van der Waals surface area contributed by atoms with Gasteiger partial charge in [0.25, 0.3) is 0 Å². The molecule has 2 N–H and O–H groups in total. The highest BCUT2D eigenvalue weighted by molar-refractivity contribution is 7.92. The monoisotopic (exact) mass is 372 g/mol. The highest BCUT2D eigenvalue weighted by Crippen LogP contribution is 2.18. The van der Waals surface area contributed by atoms with Gasteiger partial charge in [-0.1, -0.05) is 6.92 Å². The van der Waals surface area contributed by atoms with E-state index in [4.69, 9.17) is 0 Å². The maximum Gasteiger partial charge on any atom is 0.233 e. The molecular weight excluding hydrogens is 357 g/mol. The van der Waals surface area contributed by atoms with Crippen LogP contribution in [0.15, 0.2) is 42.5 Å². The van der Waals surface area contributed by atoms with Gasteiger partial charge in [-0.05, 0) is 36.4 Å². The zero-order chi connectivity index (χ0) is 18.6. The first-order valence-electron chi connectivity index (χ1n) is 7.18. The van der Waals surface area contributed by atoms with Gasteiger partial charge in [-0.2, -0.15) is 0 Å². The van der Waals surface area contributed by atoms with Gasteiger partial charge in [-0.15, -0.1) is 0 Å². The van der Waals surface area contributed by atoms with E-state index in [0.717, 1.165) is 24.3 Å². The summed E-state index contributed by atoms with van der Waals surface area (Å²) in [5.74, 6) is -4.56. The molecular formula is C16H15F3N2O3S. The molecule has 0 saturated carbocycles. The van der Waals surface area contributed by atoms with Crippen molar-refractivity contribution in [3.8, 4) is 0 Å². The van der Waals surface area contributed by atoms with E-state index in [9.17, 15) is 26.4 Å². The highest BCUT2D eigenvalue weighted by Gasteiger charge is 2.22. The van der Waals surface area contributed by atoms with Crippen molar-refractivity contribution in [2.45, 2.75) is 6.92 Å². The van der Waals surface area contributed by atoms with Gasteiger partial charge in [0.15, 0.2) is 0 Å². The van der Waals surface area contributed by atoms with Gasteiger partial charge >= 0.3 is 0 Å². The Morgan fingerprint density at radius 1 is 1.04 bits per heavy atom. The second kappa shape index (κ2) is 7.56. The van der Waals surface area contributed by atoms with Gasteiger partial charge in [0.05, 0.1) is 17.4 Å². The highest BCUT2D eigenvalue weighted by atomic mass is 32.2. The minimum atomic E-state index is -4.05. The Morgan fingerprint density at radius 2 is 1.64 bits per heavy atom. The van der Waals surface area contributed by atoms with Crippen molar-refractivity contribution in [3.63, 3.8) is 0 Å². The molecule has 0 heterocycles. The van der Waals surface area contributed by atoms with E-state index in [0.29, 0.717) is 11.8 Å². The summed E-state index contributed by atoms with van der Waals surface area (Å²) < 4.78 is 65.2. The molecule has 0 radical (unpaired) electrons. The molecule has 0 saturated heterocycles. The van der Waals surface area contributed by atoms with Gasteiger partial charge < -0.3 is 5.32 Å². The predicted molar refractivity (Wildman–Crippen MR) is 88.0 cm³/mol. The Balaban J connectivity index is 2.01. The molecule has 1 amide bonds. The van der Waals surface area contributed by atoms with Crippen molar-refractivity contribution >= 4 is 27.3 Å². The molecule has 134 valence electrons. The van der Waals surface area contributed by atoms with Crippen molar-refractivity contribution < 1.29 is 26.4 Å². The lowest BCUT2D eigenvalue weighted by molar-refractivity contribution is -0.118. The average Bonchev–Trinajstić information content (AvgIpc) is 2.52. The maximum absolute atomic E-state index is 13.5. The zero-order valence-electron chi connectivity index (χ0n) is 13.1. The van der Waals surface area contributed by atoms with E-state index in [1.165, 1.54) is 19.1 Å². The lowest BCUT2D eigenvalue weighted by Gasteiger charge is -2.14. The Morgan fingerprint density at radius 3 is 2.24 bits per heavy atom. The fourth-order valence-electron chi connectivity index (χ4n) is 1.98. The summed E-state index contributed by atoms with van der Waals surface area (Å²) in [6, 6.07) is 7.37. The smallest absolute Gasteiger partial charge is 0.233 e. The Hall–Kier alpha value is -2.55. The van der Waals surface area contributed by atoms with Crippen LogP contribution in [0.3, 0.4) is 0 Å². The number of hydrogen-bond acceptors (Lipinski definition) is 3. The van der Waals surface area contributed by atoms with Crippen LogP contribution in [0.4, 0.5) is 24.5 Å². The third-order valence-corrected chi connectivity index (χ3v) is 4.70. The molecule has 25 heavy (non-hydrogen) atoms. The van der Waals surface area contributed by atoms with Crippen LogP contribution < -0.4 is 10.0 Å². The summed E-state index contributed by atoms with van der Waals surface area (Å²) in [6.45, 7) is 1.37. The quantitative estimate of drug-likeness (QED) is 0.818. The van der Waals surface area contributed by atoms with Gasteiger partial charge in [-0.3, -0.25) is 9.52 Å². The van der Waals surface area contributed by atoms with E-state index in [2.05, 4.69) is 5.32 Å². The van der Waals surface area contributed by atoms with Crippen LogP contribution in [-0.2, 0) is 14.8 Å². The van der Waals surface area contributed by atoms with Crippen molar-refractivity contribution in [3.05, 3.63) is 59.9 Å². The summed E-state index contributed by atoms with van der Waals surface area (Å²) in [5.41, 5.74) is -0.0965. The molecule has 0 aliphatic carbocycles. The molecule has 2 aromatic carbocycles. The van der Waals surface area contributed by atoms with Gasteiger partial charge in [0.1, 0.15) is 17.5 Å². The number of carbonyl (C=O) groups excluding carboxylic acids is 1. The molecule has 0 aliphatic heterocycles. The third-order valence-electron chi connectivity index (χ3n) is 3.23. The minimum absolute atomic E-state index is 0.313. The summed E-state index contributed by atoms with van der Waals surface area (Å²) in [6.07, 6.45) is 0. The molecule has 9 heteroatoms. The number of halogens is 3. The molecule has 1 atom stereocenters. The molecule has 0 aliphatic rings. The van der Waals surface area contributed by atoms with Crippen molar-refractivity contribution in [2.24, 2.45) is 5.92 Å². The van der Waals surface area contributed by atoms with Crippen LogP contribution in [0.5, 0.6) is 0 Å². The number of hydrogen-bond donors (Lipinski definition) is 2. The van der Waals surface area contributed by atoms with Crippen LogP contribution in [-0.4, -0.2) is 20.1 Å². The number of nitrogens with one attached hydrogen (secondary N) is 2. The largest absolute Gasteiger partial charge is 0.326 e. The first kappa shape index (κ1) is 18.8. The van der Waals surface area contributed by atoms with Crippen LogP contribution >= 0.6 is 0 Å². The number of anilines is 2. The number of amides is 1. The second-order valence-electron chi connectivity index (χ2n) is 5.40. The number of carbonyl (C=O) groups is 1. The summed E-state index contributed by atoms with van der Waals surface area (Å²) in [5, 5.41) is 2.45. The van der Waals surface area contributed by atoms with Crippen molar-refractivity contribution in [1.82, 2.24) is 0 Å². The molecule has 2 aromatic rings. The van der Waals surface area contributed by atoms with Gasteiger partial charge in [0, 0.05) is 11.8 Å². The molecule has 0 spiro atoms. The molecule has 0 aromatic heterocycles. The summed E-state index contributed by atoms with van der Waals surface area (Å²) in [4.78, 5) is 12.0. The number of sulfonamides is 1. The van der Waals surface area contributed by atoms with Gasteiger partial charge in [-0.25, -0.2) is 21.6 Å². The summed E-state index contributed by atoms with van der Waals surface area (Å²) >= 11 is 0. The van der Waals surface area contributed by atoms with Crippen LogP contribution in [0, 0.1) is 23.4 Å². The molecule has 2 rings (SSSR count). The molecule has 0 bridgehead atoms. The molecule has 5 nitrogen and oxygen atoms in total. The fraction of sp³-hybridized carbons (Fsp3) is 0.188. The molecule has 1 unspecified atom stereocenters. The first-order chi connectivity index (χ1) is 11.7. The van der Waals surface area contributed by atoms with Gasteiger partial charge in [0.2, 0.25) is 15.9 Å².